The average Bonchev–Trinajstić information content (AvgIpc) is 2.69. The molecule has 0 aliphatic rings. The molecule has 0 saturated heterocycles. The summed E-state index contributed by atoms with van der Waals surface area (Å²) in [5, 5.41) is 2.68. The van der Waals surface area contributed by atoms with Crippen molar-refractivity contribution in [1.82, 2.24) is 5.32 Å². The third kappa shape index (κ3) is 7.65. The molecule has 0 spiro atoms. The summed E-state index contributed by atoms with van der Waals surface area (Å²) >= 11 is 0. The van der Waals surface area contributed by atoms with E-state index >= 15 is 0 Å². The Morgan fingerprint density at radius 1 is 0.966 bits per heavy atom. The highest BCUT2D eigenvalue weighted by Gasteiger charge is 2.20. The summed E-state index contributed by atoms with van der Waals surface area (Å²) in [5.74, 6) is 0.962. The fraction of sp³-hybridized carbons (Fsp3) is 0.381. The molecular formula is C21H28N2O5S. The summed E-state index contributed by atoms with van der Waals surface area (Å²) in [4.78, 5) is 12.2. The van der Waals surface area contributed by atoms with E-state index in [-0.39, 0.29) is 19.7 Å². The van der Waals surface area contributed by atoms with Gasteiger partial charge in [-0.05, 0) is 49.7 Å². The topological polar surface area (TPSA) is 84.9 Å². The molecule has 0 fully saturated rings. The highest BCUT2D eigenvalue weighted by atomic mass is 32.2. The van der Waals surface area contributed by atoms with E-state index in [0.29, 0.717) is 23.8 Å². The lowest BCUT2D eigenvalue weighted by Crippen LogP contribution is -2.41. The van der Waals surface area contributed by atoms with Crippen LogP contribution in [0.4, 0.5) is 5.69 Å². The van der Waals surface area contributed by atoms with Crippen LogP contribution in [0.25, 0.3) is 0 Å². The molecule has 8 heteroatoms. The molecule has 0 unspecified atom stereocenters. The van der Waals surface area contributed by atoms with Gasteiger partial charge in [0.15, 0.2) is 0 Å². The molecule has 2 rings (SSSR count). The second-order valence-corrected chi connectivity index (χ2v) is 8.53. The molecule has 7 nitrogen and oxygen atoms in total. The van der Waals surface area contributed by atoms with E-state index in [1.165, 1.54) is 0 Å². The molecule has 0 aliphatic heterocycles. The predicted octanol–water partition coefficient (Wildman–Crippen LogP) is 2.75. The molecule has 0 radical (unpaired) electrons. The van der Waals surface area contributed by atoms with Gasteiger partial charge >= 0.3 is 0 Å². The van der Waals surface area contributed by atoms with Gasteiger partial charge in [-0.2, -0.15) is 0 Å². The number of hydrogen-bond donors (Lipinski definition) is 1. The monoisotopic (exact) mass is 420 g/mol. The molecule has 1 N–H and O–H groups in total. The van der Waals surface area contributed by atoms with E-state index in [0.717, 1.165) is 22.5 Å². The van der Waals surface area contributed by atoms with Gasteiger partial charge < -0.3 is 14.8 Å². The Hall–Kier alpha value is -2.74. The molecule has 158 valence electrons. The number of sulfonamides is 1. The largest absolute Gasteiger partial charge is 0.494 e. The summed E-state index contributed by atoms with van der Waals surface area (Å²) < 4.78 is 36.4. The Morgan fingerprint density at radius 2 is 1.52 bits per heavy atom. The number of anilines is 1. The summed E-state index contributed by atoms with van der Waals surface area (Å²) in [5.41, 5.74) is 1.54. The van der Waals surface area contributed by atoms with Crippen LogP contribution in [0.1, 0.15) is 18.9 Å². The predicted molar refractivity (Wildman–Crippen MR) is 114 cm³/mol. The van der Waals surface area contributed by atoms with E-state index in [4.69, 9.17) is 9.47 Å². The van der Waals surface area contributed by atoms with Crippen molar-refractivity contribution in [1.29, 1.82) is 0 Å². The highest BCUT2D eigenvalue weighted by molar-refractivity contribution is 7.92. The highest BCUT2D eigenvalue weighted by Crippen LogP contribution is 2.21. The van der Waals surface area contributed by atoms with Gasteiger partial charge in [-0.15, -0.1) is 0 Å². The average molecular weight is 421 g/mol. The van der Waals surface area contributed by atoms with Gasteiger partial charge in [-0.1, -0.05) is 24.6 Å². The third-order valence-corrected chi connectivity index (χ3v) is 5.14. The number of benzene rings is 2. The Bertz CT molecular complexity index is 880. The van der Waals surface area contributed by atoms with Crippen LogP contribution in [-0.4, -0.2) is 46.9 Å². The van der Waals surface area contributed by atoms with Crippen molar-refractivity contribution in [2.45, 2.75) is 20.3 Å². The maximum atomic E-state index is 12.2. The van der Waals surface area contributed by atoms with Crippen LogP contribution in [0.15, 0.2) is 48.5 Å². The van der Waals surface area contributed by atoms with Crippen molar-refractivity contribution in [2.75, 3.05) is 36.9 Å². The lowest BCUT2D eigenvalue weighted by atomic mass is 10.2. The van der Waals surface area contributed by atoms with Gasteiger partial charge in [0.25, 0.3) is 0 Å². The molecule has 0 aliphatic carbocycles. The molecular weight excluding hydrogens is 392 g/mol. The molecule has 0 bridgehead atoms. The minimum Gasteiger partial charge on any atom is -0.494 e. The lowest BCUT2D eigenvalue weighted by molar-refractivity contribution is -0.119. The zero-order valence-corrected chi connectivity index (χ0v) is 17.9. The first-order valence-corrected chi connectivity index (χ1v) is 11.3. The van der Waals surface area contributed by atoms with Crippen molar-refractivity contribution in [3.05, 3.63) is 54.1 Å². The summed E-state index contributed by atoms with van der Waals surface area (Å²) in [6, 6.07) is 14.2. The smallest absolute Gasteiger partial charge is 0.240 e. The van der Waals surface area contributed by atoms with Crippen molar-refractivity contribution in [3.63, 3.8) is 0 Å². The van der Waals surface area contributed by atoms with Crippen molar-refractivity contribution < 1.29 is 22.7 Å². The summed E-state index contributed by atoms with van der Waals surface area (Å²) in [6.07, 6.45) is 1.95. The Labute approximate surface area is 172 Å². The number of nitrogens with one attached hydrogen (secondary N) is 1. The Kier molecular flexibility index (Phi) is 8.33. The van der Waals surface area contributed by atoms with Crippen LogP contribution in [0.3, 0.4) is 0 Å². The third-order valence-electron chi connectivity index (χ3n) is 4.00. The minimum absolute atomic E-state index is 0.272. The van der Waals surface area contributed by atoms with Crippen LogP contribution < -0.4 is 19.1 Å². The normalized spacial score (nSPS) is 11.0. The summed E-state index contributed by atoms with van der Waals surface area (Å²) in [7, 11) is -3.62. The first-order valence-electron chi connectivity index (χ1n) is 9.46. The maximum Gasteiger partial charge on any atom is 0.240 e. The minimum atomic E-state index is -3.62. The van der Waals surface area contributed by atoms with E-state index in [2.05, 4.69) is 5.32 Å². The molecule has 1 amide bonds. The number of nitrogens with zero attached hydrogens (tertiary/aromatic N) is 1. The first kappa shape index (κ1) is 22.5. The Morgan fingerprint density at radius 3 is 2.07 bits per heavy atom. The van der Waals surface area contributed by atoms with Crippen LogP contribution >= 0.6 is 0 Å². The van der Waals surface area contributed by atoms with Crippen LogP contribution in [0.5, 0.6) is 11.5 Å². The van der Waals surface area contributed by atoms with Crippen LogP contribution in [0.2, 0.25) is 0 Å². The second-order valence-electron chi connectivity index (χ2n) is 6.62. The van der Waals surface area contributed by atoms with Crippen LogP contribution in [0, 0.1) is 6.92 Å². The van der Waals surface area contributed by atoms with E-state index in [9.17, 15) is 13.2 Å². The number of hydrogen-bond acceptors (Lipinski definition) is 5. The van der Waals surface area contributed by atoms with E-state index < -0.39 is 15.9 Å². The van der Waals surface area contributed by atoms with Gasteiger partial charge in [-0.25, -0.2) is 8.42 Å². The first-order chi connectivity index (χ1) is 13.8. The standard InChI is InChI=1S/C21H28N2O5S/c1-4-14-27-20-11-7-18(8-12-20)23(29(3,25)26)16-21(24)22-13-15-28-19-9-5-17(2)6-10-19/h5-12H,4,13-16H2,1-3H3,(H,22,24). The zero-order valence-electron chi connectivity index (χ0n) is 17.1. The number of carbonyl (C=O) groups excluding carboxylic acids is 1. The Balaban J connectivity index is 1.88. The number of ether oxygens (including phenoxy) is 2. The molecule has 0 heterocycles. The van der Waals surface area contributed by atoms with Gasteiger partial charge in [0.1, 0.15) is 24.7 Å². The van der Waals surface area contributed by atoms with Crippen molar-refractivity contribution in [2.24, 2.45) is 0 Å². The second kappa shape index (κ2) is 10.7. The molecule has 0 atom stereocenters. The van der Waals surface area contributed by atoms with Gasteiger partial charge in [0.05, 0.1) is 25.1 Å². The molecule has 29 heavy (non-hydrogen) atoms. The lowest BCUT2D eigenvalue weighted by Gasteiger charge is -2.22. The number of rotatable bonds is 11. The summed E-state index contributed by atoms with van der Waals surface area (Å²) in [6.45, 7) is 4.83. The zero-order chi connectivity index (χ0) is 21.3. The molecule has 2 aromatic rings. The quantitative estimate of drug-likeness (QED) is 0.565. The SMILES string of the molecule is CCCOc1ccc(N(CC(=O)NCCOc2ccc(C)cc2)S(C)(=O)=O)cc1. The number of carbonyl (C=O) groups is 1. The van der Waals surface area contributed by atoms with Gasteiger partial charge in [0, 0.05) is 0 Å². The number of aryl methyl sites for hydroxylation is 1. The molecule has 0 aromatic heterocycles. The van der Waals surface area contributed by atoms with Crippen molar-refractivity contribution in [3.8, 4) is 11.5 Å². The fourth-order valence-electron chi connectivity index (χ4n) is 2.51. The van der Waals surface area contributed by atoms with Gasteiger partial charge in [-0.3, -0.25) is 9.10 Å². The van der Waals surface area contributed by atoms with Crippen LogP contribution in [-0.2, 0) is 14.8 Å². The molecule has 2 aromatic carbocycles. The van der Waals surface area contributed by atoms with Gasteiger partial charge in [0.2, 0.25) is 15.9 Å². The van der Waals surface area contributed by atoms with Crippen molar-refractivity contribution >= 4 is 21.6 Å². The van der Waals surface area contributed by atoms with E-state index in [1.807, 2.05) is 38.1 Å². The van der Waals surface area contributed by atoms with E-state index in [1.54, 1.807) is 24.3 Å². The maximum absolute atomic E-state index is 12.2. The fourth-order valence-corrected chi connectivity index (χ4v) is 3.37. The number of amides is 1. The molecule has 0 saturated carbocycles.